The molecule has 0 fully saturated rings. The first-order valence-electron chi connectivity index (χ1n) is 7.06. The smallest absolute Gasteiger partial charge is 0.270 e. The van der Waals surface area contributed by atoms with Crippen LogP contribution in [0.4, 0.5) is 5.69 Å². The molecule has 0 spiro atoms. The van der Waals surface area contributed by atoms with Crippen molar-refractivity contribution in [1.82, 2.24) is 10.3 Å². The lowest BCUT2D eigenvalue weighted by atomic mass is 10.2. The first-order chi connectivity index (χ1) is 11.1. The molecule has 2 rings (SSSR count). The number of halogens is 1. The number of anilines is 1. The minimum Gasteiger partial charge on any atom is -0.351 e. The van der Waals surface area contributed by atoms with Crippen LogP contribution < -0.4 is 16.4 Å². The number of carbonyl (C=O) groups excluding carboxylic acids is 2. The number of nitrogens with two attached hydrogens (primary N) is 1. The van der Waals surface area contributed by atoms with Crippen LogP contribution in [0.25, 0.3) is 0 Å². The van der Waals surface area contributed by atoms with Crippen molar-refractivity contribution < 1.29 is 9.59 Å². The van der Waals surface area contributed by atoms with E-state index >= 15 is 0 Å². The van der Waals surface area contributed by atoms with Gasteiger partial charge in [-0.1, -0.05) is 11.6 Å². The summed E-state index contributed by atoms with van der Waals surface area (Å²) in [6, 6.07) is 6.89. The molecule has 0 saturated carbocycles. The van der Waals surface area contributed by atoms with Crippen LogP contribution in [0.1, 0.15) is 28.3 Å². The normalized spacial score (nSPS) is 10.3. The van der Waals surface area contributed by atoms with Gasteiger partial charge in [0, 0.05) is 35.6 Å². The van der Waals surface area contributed by atoms with Gasteiger partial charge in [-0.25, -0.2) is 4.98 Å². The predicted molar refractivity (Wildman–Crippen MR) is 91.7 cm³/mol. The number of benzene rings is 1. The monoisotopic (exact) mass is 352 g/mol. The van der Waals surface area contributed by atoms with Crippen molar-refractivity contribution in [3.63, 3.8) is 0 Å². The number of hydrogen-bond acceptors (Lipinski definition) is 5. The Hall–Kier alpha value is -1.96. The maximum absolute atomic E-state index is 11.8. The van der Waals surface area contributed by atoms with Crippen molar-refractivity contribution in [2.24, 2.45) is 5.73 Å². The highest BCUT2D eigenvalue weighted by atomic mass is 35.5. The summed E-state index contributed by atoms with van der Waals surface area (Å²) in [4.78, 5) is 27.7. The molecule has 8 heteroatoms. The van der Waals surface area contributed by atoms with Gasteiger partial charge in [0.2, 0.25) is 5.91 Å². The second-order valence-corrected chi connectivity index (χ2v) is 6.12. The maximum Gasteiger partial charge on any atom is 0.270 e. The highest BCUT2D eigenvalue weighted by Crippen LogP contribution is 2.13. The van der Waals surface area contributed by atoms with Crippen molar-refractivity contribution in [2.75, 3.05) is 11.9 Å². The fraction of sp³-hybridized carbons (Fsp3) is 0.267. The number of amides is 2. The molecule has 1 heterocycles. The minimum atomic E-state index is -0.251. The lowest BCUT2D eigenvalue weighted by Gasteiger charge is -2.06. The summed E-state index contributed by atoms with van der Waals surface area (Å²) in [5, 5.41) is 8.50. The van der Waals surface area contributed by atoms with Crippen molar-refractivity contribution >= 4 is 40.4 Å². The van der Waals surface area contributed by atoms with Crippen LogP contribution in [-0.4, -0.2) is 23.3 Å². The summed E-state index contributed by atoms with van der Waals surface area (Å²) in [7, 11) is 0. The first-order valence-corrected chi connectivity index (χ1v) is 8.32. The molecule has 122 valence electrons. The van der Waals surface area contributed by atoms with E-state index < -0.39 is 0 Å². The van der Waals surface area contributed by atoms with Gasteiger partial charge in [0.15, 0.2) is 0 Å². The van der Waals surface area contributed by atoms with E-state index in [0.717, 1.165) is 5.01 Å². The van der Waals surface area contributed by atoms with Gasteiger partial charge in [0.25, 0.3) is 5.91 Å². The van der Waals surface area contributed by atoms with E-state index in [0.29, 0.717) is 42.3 Å². The third kappa shape index (κ3) is 5.63. The summed E-state index contributed by atoms with van der Waals surface area (Å²) >= 11 is 7.13. The average molecular weight is 353 g/mol. The number of nitrogens with zero attached hydrogens (tertiary/aromatic N) is 1. The second-order valence-electron chi connectivity index (χ2n) is 4.75. The molecule has 1 aromatic carbocycles. The Morgan fingerprint density at radius 2 is 2.00 bits per heavy atom. The first kappa shape index (κ1) is 17.4. The van der Waals surface area contributed by atoms with Crippen LogP contribution in [0, 0.1) is 0 Å². The minimum absolute atomic E-state index is 0.111. The molecule has 0 radical (unpaired) electrons. The maximum atomic E-state index is 11.8. The fourth-order valence-electron chi connectivity index (χ4n) is 1.81. The van der Waals surface area contributed by atoms with E-state index in [9.17, 15) is 9.59 Å². The molecule has 0 aliphatic heterocycles. The number of thiazole rings is 1. The standard InChI is InChI=1S/C15H17ClN4O2S/c16-10-3-5-11(6-4-10)19-13(21)2-1-7-18-15(22)12-9-23-14(8-17)20-12/h3-6,9H,1-2,7-8,17H2,(H,18,22)(H,19,21). The van der Waals surface area contributed by atoms with Gasteiger partial charge in [-0.05, 0) is 30.7 Å². The Kier molecular flexibility index (Phi) is 6.52. The summed E-state index contributed by atoms with van der Waals surface area (Å²) in [5.74, 6) is -0.361. The molecular formula is C15H17ClN4O2S. The lowest BCUT2D eigenvalue weighted by molar-refractivity contribution is -0.116. The van der Waals surface area contributed by atoms with Crippen molar-refractivity contribution in [1.29, 1.82) is 0 Å². The summed E-state index contributed by atoms with van der Waals surface area (Å²) in [6.45, 7) is 0.727. The quantitative estimate of drug-likeness (QED) is 0.666. The number of rotatable bonds is 7. The summed E-state index contributed by atoms with van der Waals surface area (Å²) < 4.78 is 0. The van der Waals surface area contributed by atoms with Gasteiger partial charge >= 0.3 is 0 Å². The average Bonchev–Trinajstić information content (AvgIpc) is 3.03. The number of hydrogen-bond donors (Lipinski definition) is 3. The molecule has 23 heavy (non-hydrogen) atoms. The van der Waals surface area contributed by atoms with Crippen molar-refractivity contribution in [2.45, 2.75) is 19.4 Å². The van der Waals surface area contributed by atoms with E-state index in [1.807, 2.05) is 0 Å². The molecule has 0 aliphatic rings. The Bertz CT molecular complexity index is 672. The summed E-state index contributed by atoms with van der Waals surface area (Å²) in [5.41, 5.74) is 6.51. The van der Waals surface area contributed by atoms with Gasteiger partial charge in [-0.15, -0.1) is 11.3 Å². The Labute approximate surface area is 143 Å². The Balaban J connectivity index is 1.67. The third-order valence-corrected chi connectivity index (χ3v) is 4.08. The van der Waals surface area contributed by atoms with Crippen LogP contribution in [0.3, 0.4) is 0 Å². The van der Waals surface area contributed by atoms with Gasteiger partial charge in [-0.2, -0.15) is 0 Å². The van der Waals surface area contributed by atoms with Crippen molar-refractivity contribution in [3.8, 4) is 0 Å². The molecule has 0 saturated heterocycles. The van der Waals surface area contributed by atoms with E-state index in [1.54, 1.807) is 29.6 Å². The highest BCUT2D eigenvalue weighted by molar-refractivity contribution is 7.09. The predicted octanol–water partition coefficient (Wildman–Crippen LogP) is 2.40. The zero-order valence-corrected chi connectivity index (χ0v) is 13.9. The highest BCUT2D eigenvalue weighted by Gasteiger charge is 2.10. The molecule has 1 aromatic heterocycles. The van der Waals surface area contributed by atoms with Crippen LogP contribution >= 0.6 is 22.9 Å². The Morgan fingerprint density at radius 3 is 2.65 bits per heavy atom. The van der Waals surface area contributed by atoms with Gasteiger partial charge in [0.1, 0.15) is 10.7 Å². The molecule has 0 bridgehead atoms. The SMILES string of the molecule is NCc1nc(C(=O)NCCCC(=O)Nc2ccc(Cl)cc2)cs1. The molecule has 0 aliphatic carbocycles. The third-order valence-electron chi connectivity index (χ3n) is 2.95. The van der Waals surface area contributed by atoms with Crippen LogP contribution in [0.2, 0.25) is 5.02 Å². The molecule has 2 amide bonds. The van der Waals surface area contributed by atoms with Crippen LogP contribution in [0.15, 0.2) is 29.6 Å². The molecule has 6 nitrogen and oxygen atoms in total. The number of carbonyl (C=O) groups is 2. The zero-order chi connectivity index (χ0) is 16.7. The van der Waals surface area contributed by atoms with E-state index in [2.05, 4.69) is 15.6 Å². The Morgan fingerprint density at radius 1 is 1.26 bits per heavy atom. The molecular weight excluding hydrogens is 336 g/mol. The van der Waals surface area contributed by atoms with E-state index in [-0.39, 0.29) is 11.8 Å². The van der Waals surface area contributed by atoms with Crippen LogP contribution in [-0.2, 0) is 11.3 Å². The van der Waals surface area contributed by atoms with E-state index in [1.165, 1.54) is 11.3 Å². The second kappa shape index (κ2) is 8.61. The zero-order valence-electron chi connectivity index (χ0n) is 12.3. The number of nitrogens with one attached hydrogen (secondary N) is 2. The lowest BCUT2D eigenvalue weighted by Crippen LogP contribution is -2.25. The molecule has 0 unspecified atom stereocenters. The van der Waals surface area contributed by atoms with Crippen molar-refractivity contribution in [3.05, 3.63) is 45.4 Å². The topological polar surface area (TPSA) is 97.1 Å². The molecule has 0 atom stereocenters. The van der Waals surface area contributed by atoms with Gasteiger partial charge < -0.3 is 16.4 Å². The molecule has 4 N–H and O–H groups in total. The fourth-order valence-corrected chi connectivity index (χ4v) is 2.59. The van der Waals surface area contributed by atoms with E-state index in [4.69, 9.17) is 17.3 Å². The summed E-state index contributed by atoms with van der Waals surface area (Å²) in [6.07, 6.45) is 0.854. The largest absolute Gasteiger partial charge is 0.351 e. The van der Waals surface area contributed by atoms with Crippen LogP contribution in [0.5, 0.6) is 0 Å². The molecule has 2 aromatic rings. The van der Waals surface area contributed by atoms with Gasteiger partial charge in [0.05, 0.1) is 0 Å². The van der Waals surface area contributed by atoms with Gasteiger partial charge in [-0.3, -0.25) is 9.59 Å². The number of aromatic nitrogens is 1.